The molecule has 0 saturated carbocycles. The first-order valence-corrected chi connectivity index (χ1v) is 7.35. The largest absolute Gasteiger partial charge is 0.399 e. The molecule has 4 heteroatoms. The third-order valence-electron chi connectivity index (χ3n) is 3.40. The maximum atomic E-state index is 12.5. The van der Waals surface area contributed by atoms with Gasteiger partial charge in [-0.05, 0) is 29.7 Å². The predicted octanol–water partition coefficient (Wildman–Crippen LogP) is 3.67. The lowest BCUT2D eigenvalue weighted by Gasteiger charge is -2.22. The van der Waals surface area contributed by atoms with Crippen LogP contribution in [-0.2, 0) is 17.8 Å². The topological polar surface area (TPSA) is 46.3 Å². The smallest absolute Gasteiger partial charge is 0.227 e. The van der Waals surface area contributed by atoms with Crippen LogP contribution in [0.1, 0.15) is 24.5 Å². The van der Waals surface area contributed by atoms with Gasteiger partial charge in [0.25, 0.3) is 0 Å². The Balaban J connectivity index is 0.00000242. The van der Waals surface area contributed by atoms with Gasteiger partial charge >= 0.3 is 0 Å². The molecular weight excluding hydrogens is 296 g/mol. The normalized spacial score (nSPS) is 9.86. The number of rotatable bonds is 6. The van der Waals surface area contributed by atoms with E-state index in [2.05, 4.69) is 19.1 Å². The zero-order chi connectivity index (χ0) is 15.1. The van der Waals surface area contributed by atoms with Gasteiger partial charge in [-0.1, -0.05) is 49.4 Å². The highest BCUT2D eigenvalue weighted by atomic mass is 35.5. The van der Waals surface area contributed by atoms with E-state index in [1.54, 1.807) is 0 Å². The number of carbonyl (C=O) groups excluding carboxylic acids is 1. The third kappa shape index (κ3) is 5.41. The predicted molar refractivity (Wildman–Crippen MR) is 94.0 cm³/mol. The van der Waals surface area contributed by atoms with E-state index in [4.69, 9.17) is 5.73 Å². The van der Waals surface area contributed by atoms with Crippen LogP contribution < -0.4 is 5.73 Å². The van der Waals surface area contributed by atoms with Crippen molar-refractivity contribution in [2.45, 2.75) is 26.3 Å². The molecule has 118 valence electrons. The van der Waals surface area contributed by atoms with Crippen LogP contribution in [0.15, 0.2) is 54.6 Å². The van der Waals surface area contributed by atoms with Crippen molar-refractivity contribution in [2.24, 2.45) is 0 Å². The number of benzene rings is 2. The van der Waals surface area contributed by atoms with E-state index in [0.717, 1.165) is 29.8 Å². The lowest BCUT2D eigenvalue weighted by Crippen LogP contribution is -2.32. The highest BCUT2D eigenvalue weighted by Crippen LogP contribution is 2.11. The SMILES string of the molecule is CCCN(Cc1ccccc1)C(=O)Cc1ccc(N)cc1.Cl. The summed E-state index contributed by atoms with van der Waals surface area (Å²) in [6.07, 6.45) is 1.38. The van der Waals surface area contributed by atoms with Crippen molar-refractivity contribution in [1.29, 1.82) is 0 Å². The van der Waals surface area contributed by atoms with Crippen LogP contribution >= 0.6 is 12.4 Å². The molecule has 0 fully saturated rings. The van der Waals surface area contributed by atoms with Gasteiger partial charge in [0, 0.05) is 18.8 Å². The summed E-state index contributed by atoms with van der Waals surface area (Å²) in [7, 11) is 0. The van der Waals surface area contributed by atoms with Gasteiger partial charge in [0.2, 0.25) is 5.91 Å². The fourth-order valence-corrected chi connectivity index (χ4v) is 2.29. The number of anilines is 1. The van der Waals surface area contributed by atoms with Crippen LogP contribution in [0.4, 0.5) is 5.69 Å². The molecule has 0 aliphatic carbocycles. The van der Waals surface area contributed by atoms with Gasteiger partial charge in [-0.25, -0.2) is 0 Å². The minimum Gasteiger partial charge on any atom is -0.399 e. The molecule has 2 aromatic rings. The van der Waals surface area contributed by atoms with Gasteiger partial charge < -0.3 is 10.6 Å². The van der Waals surface area contributed by atoms with E-state index in [1.807, 2.05) is 47.4 Å². The number of nitrogens with two attached hydrogens (primary N) is 1. The summed E-state index contributed by atoms with van der Waals surface area (Å²) in [5.74, 6) is 0.158. The average Bonchev–Trinajstić information content (AvgIpc) is 2.50. The second kappa shape index (κ2) is 9.11. The first-order chi connectivity index (χ1) is 10.2. The number of nitrogens with zero attached hydrogens (tertiary/aromatic N) is 1. The van der Waals surface area contributed by atoms with Crippen LogP contribution in [-0.4, -0.2) is 17.4 Å². The number of hydrogen-bond acceptors (Lipinski definition) is 2. The van der Waals surface area contributed by atoms with Crippen molar-refractivity contribution >= 4 is 24.0 Å². The minimum atomic E-state index is 0. The molecule has 0 aliphatic heterocycles. The summed E-state index contributed by atoms with van der Waals surface area (Å²) in [4.78, 5) is 14.4. The van der Waals surface area contributed by atoms with E-state index >= 15 is 0 Å². The number of carbonyl (C=O) groups is 1. The van der Waals surface area contributed by atoms with E-state index in [0.29, 0.717) is 13.0 Å². The molecule has 2 rings (SSSR count). The highest BCUT2D eigenvalue weighted by molar-refractivity contribution is 5.85. The number of nitrogen functional groups attached to an aromatic ring is 1. The summed E-state index contributed by atoms with van der Waals surface area (Å²) < 4.78 is 0. The lowest BCUT2D eigenvalue weighted by molar-refractivity contribution is -0.131. The Morgan fingerprint density at radius 1 is 1.00 bits per heavy atom. The summed E-state index contributed by atoms with van der Waals surface area (Å²) >= 11 is 0. The van der Waals surface area contributed by atoms with Crippen LogP contribution in [0.3, 0.4) is 0 Å². The molecule has 0 bridgehead atoms. The van der Waals surface area contributed by atoms with Crippen molar-refractivity contribution in [3.8, 4) is 0 Å². The Morgan fingerprint density at radius 3 is 2.23 bits per heavy atom. The van der Waals surface area contributed by atoms with Gasteiger partial charge in [0.15, 0.2) is 0 Å². The van der Waals surface area contributed by atoms with Gasteiger partial charge in [0.1, 0.15) is 0 Å². The number of halogens is 1. The van der Waals surface area contributed by atoms with Gasteiger partial charge in [-0.3, -0.25) is 4.79 Å². The minimum absolute atomic E-state index is 0. The highest BCUT2D eigenvalue weighted by Gasteiger charge is 2.13. The lowest BCUT2D eigenvalue weighted by atomic mass is 10.1. The second-order valence-electron chi connectivity index (χ2n) is 5.22. The molecule has 1 amide bonds. The fraction of sp³-hybridized carbons (Fsp3) is 0.278. The van der Waals surface area contributed by atoms with Gasteiger partial charge in [-0.2, -0.15) is 0 Å². The van der Waals surface area contributed by atoms with E-state index in [-0.39, 0.29) is 18.3 Å². The Morgan fingerprint density at radius 2 is 1.64 bits per heavy atom. The monoisotopic (exact) mass is 318 g/mol. The molecule has 0 aliphatic rings. The molecular formula is C18H23ClN2O. The summed E-state index contributed by atoms with van der Waals surface area (Å²) in [6, 6.07) is 17.6. The maximum absolute atomic E-state index is 12.5. The van der Waals surface area contributed by atoms with Crippen LogP contribution in [0.5, 0.6) is 0 Å². The summed E-state index contributed by atoms with van der Waals surface area (Å²) in [6.45, 7) is 3.54. The van der Waals surface area contributed by atoms with Gasteiger partial charge in [-0.15, -0.1) is 12.4 Å². The van der Waals surface area contributed by atoms with Crippen LogP contribution in [0.2, 0.25) is 0 Å². The van der Waals surface area contributed by atoms with Crippen molar-refractivity contribution in [3.05, 3.63) is 65.7 Å². The Bertz CT molecular complexity index is 569. The molecule has 0 saturated heterocycles. The van der Waals surface area contributed by atoms with Crippen molar-refractivity contribution in [1.82, 2.24) is 4.90 Å². The summed E-state index contributed by atoms with van der Waals surface area (Å²) in [5, 5.41) is 0. The molecule has 0 atom stereocenters. The number of amides is 1. The average molecular weight is 319 g/mol. The van der Waals surface area contributed by atoms with Gasteiger partial charge in [0.05, 0.1) is 6.42 Å². The molecule has 0 spiro atoms. The first kappa shape index (κ1) is 18.1. The zero-order valence-electron chi connectivity index (χ0n) is 12.9. The summed E-state index contributed by atoms with van der Waals surface area (Å²) in [5.41, 5.74) is 8.56. The van der Waals surface area contributed by atoms with Crippen molar-refractivity contribution in [3.63, 3.8) is 0 Å². The molecule has 0 heterocycles. The molecule has 3 nitrogen and oxygen atoms in total. The molecule has 0 radical (unpaired) electrons. The Hall–Kier alpha value is -2.00. The molecule has 22 heavy (non-hydrogen) atoms. The molecule has 0 aromatic heterocycles. The van der Waals surface area contributed by atoms with E-state index < -0.39 is 0 Å². The Kier molecular flexibility index (Phi) is 7.47. The zero-order valence-corrected chi connectivity index (χ0v) is 13.7. The maximum Gasteiger partial charge on any atom is 0.227 e. The van der Waals surface area contributed by atoms with E-state index in [9.17, 15) is 4.79 Å². The molecule has 0 unspecified atom stereocenters. The first-order valence-electron chi connectivity index (χ1n) is 7.35. The number of hydrogen-bond donors (Lipinski definition) is 1. The second-order valence-corrected chi connectivity index (χ2v) is 5.22. The van der Waals surface area contributed by atoms with E-state index in [1.165, 1.54) is 0 Å². The van der Waals surface area contributed by atoms with Crippen LogP contribution in [0.25, 0.3) is 0 Å². The van der Waals surface area contributed by atoms with Crippen LogP contribution in [0, 0.1) is 0 Å². The third-order valence-corrected chi connectivity index (χ3v) is 3.40. The fourth-order valence-electron chi connectivity index (χ4n) is 2.29. The van der Waals surface area contributed by atoms with Crippen molar-refractivity contribution in [2.75, 3.05) is 12.3 Å². The standard InChI is InChI=1S/C18H22N2O.ClH/c1-2-12-20(14-16-6-4-3-5-7-16)18(21)13-15-8-10-17(19)11-9-15;/h3-11H,2,12-14,19H2,1H3;1H. The Labute approximate surface area is 138 Å². The molecule has 2 aromatic carbocycles. The quantitative estimate of drug-likeness (QED) is 0.826. The molecule has 2 N–H and O–H groups in total. The van der Waals surface area contributed by atoms with Crippen molar-refractivity contribution < 1.29 is 4.79 Å².